The summed E-state index contributed by atoms with van der Waals surface area (Å²) >= 11 is 0. The van der Waals surface area contributed by atoms with E-state index in [1.165, 1.54) is 32.4 Å². The van der Waals surface area contributed by atoms with E-state index in [2.05, 4.69) is 32.1 Å². The third-order valence-electron chi connectivity index (χ3n) is 3.92. The van der Waals surface area contributed by atoms with Crippen LogP contribution < -0.4 is 5.32 Å². The van der Waals surface area contributed by atoms with Crippen LogP contribution in [0.2, 0.25) is 0 Å². The predicted octanol–water partition coefficient (Wildman–Crippen LogP) is 2.31. The number of pyridine rings is 1. The molecule has 106 valence electrons. The number of hydrogen-bond acceptors (Lipinski definition) is 5. The lowest BCUT2D eigenvalue weighted by Crippen LogP contribution is -2.41. The molecule has 1 saturated heterocycles. The van der Waals surface area contributed by atoms with Gasteiger partial charge < -0.3 is 5.32 Å². The smallest absolute Gasteiger partial charge is 0.180 e. The monoisotopic (exact) mass is 271 g/mol. The summed E-state index contributed by atoms with van der Waals surface area (Å²) in [6, 6.07) is 4.47. The van der Waals surface area contributed by atoms with Crippen LogP contribution >= 0.6 is 0 Å². The minimum Gasteiger partial charge on any atom is -0.368 e. The molecule has 1 N–H and O–H groups in total. The average Bonchev–Trinajstić information content (AvgIpc) is 2.53. The van der Waals surface area contributed by atoms with Gasteiger partial charge in [0.2, 0.25) is 0 Å². The van der Waals surface area contributed by atoms with E-state index in [1.54, 1.807) is 12.4 Å². The number of aromatic nitrogens is 3. The molecule has 1 atom stereocenters. The fourth-order valence-corrected chi connectivity index (χ4v) is 2.69. The van der Waals surface area contributed by atoms with E-state index < -0.39 is 0 Å². The van der Waals surface area contributed by atoms with Crippen molar-refractivity contribution in [2.45, 2.75) is 32.2 Å². The van der Waals surface area contributed by atoms with Crippen molar-refractivity contribution >= 4 is 17.0 Å². The standard InChI is InChI=1S/C15H21N5/c1-12(20-9-3-2-4-10-20)11-18-14-6-5-13-15(19-14)17-8-7-16-13/h5-8,12H,2-4,9-11H2,1H3,(H,17,18,19). The van der Waals surface area contributed by atoms with Crippen LogP contribution in [0.5, 0.6) is 0 Å². The Hall–Kier alpha value is -1.75. The van der Waals surface area contributed by atoms with Crippen LogP contribution in [-0.4, -0.2) is 45.5 Å². The molecule has 0 saturated carbocycles. The molecule has 20 heavy (non-hydrogen) atoms. The molecule has 1 aliphatic rings. The molecule has 1 fully saturated rings. The van der Waals surface area contributed by atoms with Crippen molar-refractivity contribution in [2.75, 3.05) is 25.0 Å². The molecule has 0 radical (unpaired) electrons. The van der Waals surface area contributed by atoms with Gasteiger partial charge in [-0.3, -0.25) is 9.88 Å². The van der Waals surface area contributed by atoms with Gasteiger partial charge in [-0.2, -0.15) is 0 Å². The minimum atomic E-state index is 0.537. The Kier molecular flexibility index (Phi) is 4.06. The molecule has 1 unspecified atom stereocenters. The molecule has 3 heterocycles. The lowest BCUT2D eigenvalue weighted by atomic mass is 10.1. The van der Waals surface area contributed by atoms with Crippen molar-refractivity contribution in [3.63, 3.8) is 0 Å². The van der Waals surface area contributed by atoms with Crippen LogP contribution in [0.3, 0.4) is 0 Å². The summed E-state index contributed by atoms with van der Waals surface area (Å²) in [5.41, 5.74) is 1.53. The van der Waals surface area contributed by atoms with Gasteiger partial charge in [0.25, 0.3) is 0 Å². The van der Waals surface area contributed by atoms with E-state index in [1.807, 2.05) is 12.1 Å². The van der Waals surface area contributed by atoms with Crippen molar-refractivity contribution in [2.24, 2.45) is 0 Å². The highest BCUT2D eigenvalue weighted by Crippen LogP contribution is 2.14. The van der Waals surface area contributed by atoms with Crippen molar-refractivity contribution in [3.8, 4) is 0 Å². The second kappa shape index (κ2) is 6.13. The topological polar surface area (TPSA) is 53.9 Å². The van der Waals surface area contributed by atoms with Gasteiger partial charge in [-0.15, -0.1) is 0 Å². The van der Waals surface area contributed by atoms with Gasteiger partial charge in [-0.05, 0) is 45.0 Å². The number of hydrogen-bond donors (Lipinski definition) is 1. The molecule has 2 aromatic heterocycles. The van der Waals surface area contributed by atoms with Gasteiger partial charge >= 0.3 is 0 Å². The van der Waals surface area contributed by atoms with Crippen molar-refractivity contribution in [3.05, 3.63) is 24.5 Å². The molecule has 0 spiro atoms. The Balaban J connectivity index is 1.61. The highest BCUT2D eigenvalue weighted by molar-refractivity contribution is 5.71. The van der Waals surface area contributed by atoms with Crippen LogP contribution in [0.4, 0.5) is 5.82 Å². The number of anilines is 1. The number of piperidine rings is 1. The average molecular weight is 271 g/mol. The number of likely N-dealkylation sites (tertiary alicyclic amines) is 1. The largest absolute Gasteiger partial charge is 0.368 e. The van der Waals surface area contributed by atoms with Gasteiger partial charge in [0, 0.05) is 25.0 Å². The molecule has 0 aromatic carbocycles. The second-order valence-electron chi connectivity index (χ2n) is 5.42. The fourth-order valence-electron chi connectivity index (χ4n) is 2.69. The van der Waals surface area contributed by atoms with Gasteiger partial charge in [0.15, 0.2) is 5.65 Å². The Morgan fingerprint density at radius 3 is 2.80 bits per heavy atom. The minimum absolute atomic E-state index is 0.537. The van der Waals surface area contributed by atoms with Crippen LogP contribution in [0.1, 0.15) is 26.2 Å². The van der Waals surface area contributed by atoms with E-state index >= 15 is 0 Å². The van der Waals surface area contributed by atoms with Gasteiger partial charge in [-0.25, -0.2) is 9.97 Å². The van der Waals surface area contributed by atoms with E-state index in [0.29, 0.717) is 11.7 Å². The first-order valence-electron chi connectivity index (χ1n) is 7.38. The number of fused-ring (bicyclic) bond motifs is 1. The fraction of sp³-hybridized carbons (Fsp3) is 0.533. The van der Waals surface area contributed by atoms with Crippen LogP contribution in [0.25, 0.3) is 11.2 Å². The quantitative estimate of drug-likeness (QED) is 0.924. The Morgan fingerprint density at radius 2 is 1.95 bits per heavy atom. The van der Waals surface area contributed by atoms with E-state index in [9.17, 15) is 0 Å². The highest BCUT2D eigenvalue weighted by atomic mass is 15.2. The molecule has 5 nitrogen and oxygen atoms in total. The third-order valence-corrected chi connectivity index (χ3v) is 3.92. The van der Waals surface area contributed by atoms with Crippen molar-refractivity contribution < 1.29 is 0 Å². The lowest BCUT2D eigenvalue weighted by molar-refractivity contribution is 0.180. The molecule has 1 aliphatic heterocycles. The number of nitrogens with zero attached hydrogens (tertiary/aromatic N) is 4. The summed E-state index contributed by atoms with van der Waals surface area (Å²) in [5.74, 6) is 0.877. The summed E-state index contributed by atoms with van der Waals surface area (Å²) in [4.78, 5) is 15.5. The molecular weight excluding hydrogens is 250 g/mol. The van der Waals surface area contributed by atoms with Crippen molar-refractivity contribution in [1.82, 2.24) is 19.9 Å². The van der Waals surface area contributed by atoms with E-state index in [-0.39, 0.29) is 0 Å². The predicted molar refractivity (Wildman–Crippen MR) is 80.7 cm³/mol. The first-order chi connectivity index (χ1) is 9.83. The van der Waals surface area contributed by atoms with E-state index in [4.69, 9.17) is 0 Å². The molecule has 3 rings (SSSR count). The van der Waals surface area contributed by atoms with Gasteiger partial charge in [-0.1, -0.05) is 6.42 Å². The molecule has 2 aromatic rings. The van der Waals surface area contributed by atoms with Gasteiger partial charge in [0.05, 0.1) is 0 Å². The highest BCUT2D eigenvalue weighted by Gasteiger charge is 2.16. The molecule has 0 aliphatic carbocycles. The first kappa shape index (κ1) is 13.2. The third kappa shape index (κ3) is 3.04. The number of nitrogens with one attached hydrogen (secondary N) is 1. The lowest BCUT2D eigenvalue weighted by Gasteiger charge is -2.32. The zero-order valence-electron chi connectivity index (χ0n) is 11.9. The second-order valence-corrected chi connectivity index (χ2v) is 5.42. The van der Waals surface area contributed by atoms with Crippen LogP contribution in [-0.2, 0) is 0 Å². The molecular formula is C15H21N5. The summed E-state index contributed by atoms with van der Waals surface area (Å²) in [5, 5.41) is 3.41. The summed E-state index contributed by atoms with van der Waals surface area (Å²) in [7, 11) is 0. The number of rotatable bonds is 4. The zero-order valence-corrected chi connectivity index (χ0v) is 11.9. The summed E-state index contributed by atoms with van der Waals surface area (Å²) in [6.07, 6.45) is 7.40. The summed E-state index contributed by atoms with van der Waals surface area (Å²) < 4.78 is 0. The van der Waals surface area contributed by atoms with Crippen LogP contribution in [0.15, 0.2) is 24.5 Å². The maximum absolute atomic E-state index is 4.49. The first-order valence-corrected chi connectivity index (χ1v) is 7.38. The Bertz CT molecular complexity index is 565. The Labute approximate surface area is 119 Å². The van der Waals surface area contributed by atoms with E-state index in [0.717, 1.165) is 17.9 Å². The SMILES string of the molecule is CC(CNc1ccc2nccnc2n1)N1CCCCC1. The molecule has 5 heteroatoms. The molecule has 0 bridgehead atoms. The maximum atomic E-state index is 4.49. The zero-order chi connectivity index (χ0) is 13.8. The van der Waals surface area contributed by atoms with Gasteiger partial charge in [0.1, 0.15) is 11.3 Å². The normalized spacial score (nSPS) is 18.1. The molecule has 0 amide bonds. The Morgan fingerprint density at radius 1 is 1.15 bits per heavy atom. The maximum Gasteiger partial charge on any atom is 0.180 e. The van der Waals surface area contributed by atoms with Crippen LogP contribution in [0, 0.1) is 0 Å². The summed E-state index contributed by atoms with van der Waals surface area (Å²) in [6.45, 7) is 5.64. The van der Waals surface area contributed by atoms with Crippen molar-refractivity contribution in [1.29, 1.82) is 0 Å².